The fourth-order valence-electron chi connectivity index (χ4n) is 3.68. The minimum absolute atomic E-state index is 0.120. The molecule has 2 aromatic carbocycles. The lowest BCUT2D eigenvalue weighted by molar-refractivity contribution is -0.127. The van der Waals surface area contributed by atoms with Crippen LogP contribution >= 0.6 is 0 Å². The van der Waals surface area contributed by atoms with Gasteiger partial charge in [0.05, 0.1) is 17.1 Å². The predicted molar refractivity (Wildman–Crippen MR) is 134 cm³/mol. The topological polar surface area (TPSA) is 98.3 Å². The number of nitrogens with one attached hydrogen (secondary N) is 2. The van der Waals surface area contributed by atoms with Crippen LogP contribution in [0.4, 0.5) is 11.5 Å². The molecule has 2 N–H and O–H groups in total. The second kappa shape index (κ2) is 9.58. The minimum Gasteiger partial charge on any atom is -0.480 e. The number of pyridine rings is 1. The zero-order valence-electron chi connectivity index (χ0n) is 19.9. The van der Waals surface area contributed by atoms with E-state index in [1.54, 1.807) is 13.1 Å². The summed E-state index contributed by atoms with van der Waals surface area (Å²) < 4.78 is 12.0. The van der Waals surface area contributed by atoms with E-state index in [0.29, 0.717) is 22.7 Å². The van der Waals surface area contributed by atoms with E-state index in [2.05, 4.69) is 25.6 Å². The van der Waals surface area contributed by atoms with Gasteiger partial charge in [-0.2, -0.15) is 0 Å². The summed E-state index contributed by atoms with van der Waals surface area (Å²) in [6.45, 7) is 5.67. The van der Waals surface area contributed by atoms with Crippen molar-refractivity contribution in [1.29, 1.82) is 0 Å². The van der Waals surface area contributed by atoms with Gasteiger partial charge in [-0.15, -0.1) is 0 Å². The van der Waals surface area contributed by atoms with E-state index < -0.39 is 6.10 Å². The molecule has 0 saturated heterocycles. The number of carbonyl (C=O) groups is 1. The number of rotatable bonds is 8. The van der Waals surface area contributed by atoms with Crippen LogP contribution < -0.4 is 20.1 Å². The lowest BCUT2D eigenvalue weighted by atomic mass is 10.1. The number of benzene rings is 2. The van der Waals surface area contributed by atoms with E-state index in [1.165, 1.54) is 6.33 Å². The smallest absolute Gasteiger partial charge is 0.260 e. The number of nitrogens with zero attached hydrogens (tertiary/aromatic N) is 3. The summed E-state index contributed by atoms with van der Waals surface area (Å²) in [5.74, 6) is 2.45. The molecule has 5 rings (SSSR count). The maximum Gasteiger partial charge on any atom is 0.260 e. The number of anilines is 2. The number of ether oxygens (including phenoxy) is 2. The number of aryl methyl sites for hydroxylation is 2. The second-order valence-corrected chi connectivity index (χ2v) is 8.76. The molecule has 2 aromatic heterocycles. The highest BCUT2D eigenvalue weighted by Gasteiger charge is 2.27. The van der Waals surface area contributed by atoms with Crippen LogP contribution in [0.5, 0.6) is 17.2 Å². The zero-order valence-corrected chi connectivity index (χ0v) is 19.9. The molecule has 35 heavy (non-hydrogen) atoms. The molecule has 0 bridgehead atoms. The van der Waals surface area contributed by atoms with Crippen molar-refractivity contribution >= 4 is 28.3 Å². The molecule has 1 atom stereocenters. The molecule has 0 unspecified atom stereocenters. The Kier molecular flexibility index (Phi) is 6.18. The van der Waals surface area contributed by atoms with Gasteiger partial charge in [0.1, 0.15) is 29.4 Å². The highest BCUT2D eigenvalue weighted by Crippen LogP contribution is 2.34. The van der Waals surface area contributed by atoms with Crippen molar-refractivity contribution in [2.45, 2.75) is 45.8 Å². The van der Waals surface area contributed by atoms with Crippen LogP contribution in [0.25, 0.3) is 10.9 Å². The SMILES string of the molecule is Cc1ccc(Oc2ccc(Nc3ncnc4cccc(O[C@H](C)C(=O)NC5CC5)c34)cc2C)cn1. The van der Waals surface area contributed by atoms with Crippen LogP contribution in [0.15, 0.2) is 61.1 Å². The molecule has 1 aliphatic rings. The summed E-state index contributed by atoms with van der Waals surface area (Å²) in [6, 6.07) is 15.5. The number of aromatic nitrogens is 3. The van der Waals surface area contributed by atoms with E-state index >= 15 is 0 Å². The molecule has 1 saturated carbocycles. The summed E-state index contributed by atoms with van der Waals surface area (Å²) in [4.78, 5) is 25.5. The van der Waals surface area contributed by atoms with Crippen molar-refractivity contribution < 1.29 is 14.3 Å². The molecule has 0 aliphatic heterocycles. The molecular weight excluding hydrogens is 442 g/mol. The van der Waals surface area contributed by atoms with Gasteiger partial charge in [0.25, 0.3) is 5.91 Å². The first-order valence-electron chi connectivity index (χ1n) is 11.7. The van der Waals surface area contributed by atoms with Crippen LogP contribution in [0.3, 0.4) is 0 Å². The number of hydrogen-bond donors (Lipinski definition) is 2. The van der Waals surface area contributed by atoms with Crippen LogP contribution in [0.1, 0.15) is 31.0 Å². The zero-order chi connectivity index (χ0) is 24.4. The van der Waals surface area contributed by atoms with Gasteiger partial charge < -0.3 is 20.1 Å². The molecule has 178 valence electrons. The van der Waals surface area contributed by atoms with Crippen molar-refractivity contribution in [3.63, 3.8) is 0 Å². The molecule has 2 heterocycles. The fraction of sp³-hybridized carbons (Fsp3) is 0.259. The molecular formula is C27H27N5O3. The molecule has 0 spiro atoms. The third-order valence-electron chi connectivity index (χ3n) is 5.77. The van der Waals surface area contributed by atoms with Gasteiger partial charge in [-0.1, -0.05) is 6.07 Å². The monoisotopic (exact) mass is 469 g/mol. The Balaban J connectivity index is 1.38. The fourth-order valence-corrected chi connectivity index (χ4v) is 3.68. The van der Waals surface area contributed by atoms with E-state index in [-0.39, 0.29) is 11.9 Å². The number of hydrogen-bond acceptors (Lipinski definition) is 7. The standard InChI is InChI=1S/C27H27N5O3/c1-16-13-20(10-12-23(16)35-21-11-7-17(2)28-14-21)31-26-25-22(29-15-30-26)5-4-6-24(25)34-18(3)27(33)32-19-8-9-19/h4-7,10-15,18-19H,8-9H2,1-3H3,(H,32,33)(H,29,30,31)/t18-/m1/s1. The van der Waals surface area contributed by atoms with Crippen LogP contribution in [-0.4, -0.2) is 33.0 Å². The Morgan fingerprint density at radius 2 is 1.89 bits per heavy atom. The summed E-state index contributed by atoms with van der Waals surface area (Å²) in [5, 5.41) is 7.07. The van der Waals surface area contributed by atoms with Gasteiger partial charge >= 0.3 is 0 Å². The number of carbonyl (C=O) groups excluding carboxylic acids is 1. The molecule has 0 radical (unpaired) electrons. The largest absolute Gasteiger partial charge is 0.480 e. The van der Waals surface area contributed by atoms with Gasteiger partial charge in [-0.05, 0) is 81.6 Å². The van der Waals surface area contributed by atoms with Gasteiger partial charge in [-0.25, -0.2) is 9.97 Å². The summed E-state index contributed by atoms with van der Waals surface area (Å²) in [6.07, 6.45) is 4.64. The van der Waals surface area contributed by atoms with Gasteiger partial charge in [0.2, 0.25) is 0 Å². The van der Waals surface area contributed by atoms with Crippen molar-refractivity contribution in [3.8, 4) is 17.2 Å². The first-order valence-corrected chi connectivity index (χ1v) is 11.7. The van der Waals surface area contributed by atoms with Crippen LogP contribution in [-0.2, 0) is 4.79 Å². The average molecular weight is 470 g/mol. The molecule has 8 heteroatoms. The normalized spacial score (nSPS) is 13.8. The molecule has 8 nitrogen and oxygen atoms in total. The van der Waals surface area contributed by atoms with Crippen molar-refractivity contribution in [2.24, 2.45) is 0 Å². The third-order valence-corrected chi connectivity index (χ3v) is 5.77. The maximum atomic E-state index is 12.4. The first kappa shape index (κ1) is 22.6. The van der Waals surface area contributed by atoms with E-state index in [9.17, 15) is 4.79 Å². The minimum atomic E-state index is -0.635. The first-order chi connectivity index (χ1) is 17.0. The quantitative estimate of drug-likeness (QED) is 0.365. The van der Waals surface area contributed by atoms with Crippen LogP contribution in [0, 0.1) is 13.8 Å². The Hall–Kier alpha value is -4.20. The van der Waals surface area contributed by atoms with Gasteiger partial charge in [0.15, 0.2) is 6.10 Å². The molecule has 1 amide bonds. The number of fused-ring (bicyclic) bond motifs is 1. The Labute approximate surface area is 203 Å². The van der Waals surface area contributed by atoms with E-state index in [1.807, 2.05) is 62.4 Å². The van der Waals surface area contributed by atoms with Crippen molar-refractivity contribution in [1.82, 2.24) is 20.3 Å². The molecule has 1 aliphatic carbocycles. The predicted octanol–water partition coefficient (Wildman–Crippen LogP) is 5.22. The molecule has 1 fully saturated rings. The average Bonchev–Trinajstić information content (AvgIpc) is 3.66. The van der Waals surface area contributed by atoms with Crippen molar-refractivity contribution in [2.75, 3.05) is 5.32 Å². The Morgan fingerprint density at radius 3 is 2.63 bits per heavy atom. The summed E-state index contributed by atoms with van der Waals surface area (Å²) in [7, 11) is 0. The molecule has 4 aromatic rings. The highest BCUT2D eigenvalue weighted by molar-refractivity contribution is 5.96. The van der Waals surface area contributed by atoms with Crippen molar-refractivity contribution in [3.05, 3.63) is 72.3 Å². The lowest BCUT2D eigenvalue weighted by Gasteiger charge is -2.17. The Bertz CT molecular complexity index is 1360. The second-order valence-electron chi connectivity index (χ2n) is 8.76. The van der Waals surface area contributed by atoms with Gasteiger partial charge in [0, 0.05) is 17.4 Å². The lowest BCUT2D eigenvalue weighted by Crippen LogP contribution is -2.37. The Morgan fingerprint density at radius 1 is 1.03 bits per heavy atom. The number of amides is 1. The highest BCUT2D eigenvalue weighted by atomic mass is 16.5. The van der Waals surface area contributed by atoms with E-state index in [0.717, 1.165) is 41.1 Å². The van der Waals surface area contributed by atoms with Gasteiger partial charge in [-0.3, -0.25) is 9.78 Å². The van der Waals surface area contributed by atoms with Crippen LogP contribution in [0.2, 0.25) is 0 Å². The summed E-state index contributed by atoms with van der Waals surface area (Å²) >= 11 is 0. The third kappa shape index (κ3) is 5.32. The summed E-state index contributed by atoms with van der Waals surface area (Å²) in [5.41, 5.74) is 3.45. The maximum absolute atomic E-state index is 12.4. The van der Waals surface area contributed by atoms with E-state index in [4.69, 9.17) is 9.47 Å².